The molecule has 0 atom stereocenters. The summed E-state index contributed by atoms with van der Waals surface area (Å²) in [6.07, 6.45) is 1.69. The molecule has 158 valence electrons. The monoisotopic (exact) mass is 415 g/mol. The molecule has 2 aromatic carbocycles. The minimum Gasteiger partial charge on any atom is -0.350 e. The lowest BCUT2D eigenvalue weighted by atomic mass is 10.1. The molecular weight excluding hydrogens is 390 g/mol. The van der Waals surface area contributed by atoms with Crippen molar-refractivity contribution in [3.05, 3.63) is 88.0 Å². The van der Waals surface area contributed by atoms with Crippen LogP contribution < -0.4 is 10.9 Å². The topological polar surface area (TPSA) is 81.8 Å². The summed E-state index contributed by atoms with van der Waals surface area (Å²) in [6.45, 7) is 6.24. The Morgan fingerprint density at radius 1 is 1.06 bits per heavy atom. The molecule has 0 saturated carbocycles. The van der Waals surface area contributed by atoms with E-state index in [1.807, 2.05) is 75.4 Å². The van der Waals surface area contributed by atoms with E-state index < -0.39 is 0 Å². The molecular formula is C24H25N5O2. The second-order valence-electron chi connectivity index (χ2n) is 7.87. The first-order chi connectivity index (χ1) is 15.0. The largest absolute Gasteiger partial charge is 0.350 e. The summed E-state index contributed by atoms with van der Waals surface area (Å²) in [6, 6.07) is 17.4. The first-order valence-corrected chi connectivity index (χ1v) is 10.3. The predicted molar refractivity (Wildman–Crippen MR) is 120 cm³/mol. The first-order valence-electron chi connectivity index (χ1n) is 10.3. The third kappa shape index (κ3) is 4.12. The highest BCUT2D eigenvalue weighted by Crippen LogP contribution is 2.24. The van der Waals surface area contributed by atoms with Gasteiger partial charge in [0, 0.05) is 11.9 Å². The molecule has 0 spiro atoms. The Morgan fingerprint density at radius 2 is 1.77 bits per heavy atom. The number of nitrogens with one attached hydrogen (secondary N) is 1. The standard InChI is InChI=1S/C24H25N5O2/c1-16(2)22-19-14-26-29(20-12-8-7-9-17(20)3)23(19)24(31)28(27-22)15-21(30)25-13-18-10-5-4-6-11-18/h4-12,14,16H,13,15H2,1-3H3,(H,25,30). The molecule has 2 heterocycles. The smallest absolute Gasteiger partial charge is 0.293 e. The second-order valence-corrected chi connectivity index (χ2v) is 7.87. The fraction of sp³-hybridized carbons (Fsp3) is 0.250. The Balaban J connectivity index is 1.73. The van der Waals surface area contributed by atoms with Crippen molar-refractivity contribution in [3.8, 4) is 5.69 Å². The van der Waals surface area contributed by atoms with Gasteiger partial charge in [0.05, 0.1) is 17.6 Å². The number of amides is 1. The van der Waals surface area contributed by atoms with Gasteiger partial charge in [0.1, 0.15) is 12.1 Å². The Kier molecular flexibility index (Phi) is 5.66. The maximum atomic E-state index is 13.3. The number of fused-ring (bicyclic) bond motifs is 1. The molecule has 0 aliphatic heterocycles. The van der Waals surface area contributed by atoms with E-state index in [0.29, 0.717) is 17.4 Å². The number of hydrogen-bond acceptors (Lipinski definition) is 4. The number of nitrogens with zero attached hydrogens (tertiary/aromatic N) is 4. The maximum absolute atomic E-state index is 13.3. The van der Waals surface area contributed by atoms with E-state index in [1.165, 1.54) is 4.68 Å². The molecule has 0 radical (unpaired) electrons. The molecule has 0 aliphatic carbocycles. The van der Waals surface area contributed by atoms with Gasteiger partial charge in [0.25, 0.3) is 5.56 Å². The number of rotatable bonds is 6. The quantitative estimate of drug-likeness (QED) is 0.524. The zero-order chi connectivity index (χ0) is 22.0. The number of benzene rings is 2. The summed E-state index contributed by atoms with van der Waals surface area (Å²) in [5.41, 5.74) is 3.66. The Hall–Kier alpha value is -3.74. The van der Waals surface area contributed by atoms with E-state index in [9.17, 15) is 9.59 Å². The normalized spacial score (nSPS) is 11.2. The van der Waals surface area contributed by atoms with Crippen molar-refractivity contribution in [2.45, 2.75) is 39.8 Å². The number of carbonyl (C=O) groups is 1. The zero-order valence-electron chi connectivity index (χ0n) is 17.9. The van der Waals surface area contributed by atoms with Gasteiger partial charge in [-0.1, -0.05) is 62.4 Å². The molecule has 0 unspecified atom stereocenters. The highest BCUT2D eigenvalue weighted by molar-refractivity contribution is 5.83. The lowest BCUT2D eigenvalue weighted by Gasteiger charge is -2.13. The molecule has 7 heteroatoms. The number of hydrogen-bond donors (Lipinski definition) is 1. The molecule has 31 heavy (non-hydrogen) atoms. The maximum Gasteiger partial charge on any atom is 0.293 e. The van der Waals surface area contributed by atoms with Gasteiger partial charge in [-0.15, -0.1) is 0 Å². The van der Waals surface area contributed by atoms with E-state index in [4.69, 9.17) is 0 Å². The summed E-state index contributed by atoms with van der Waals surface area (Å²) >= 11 is 0. The Morgan fingerprint density at radius 3 is 2.48 bits per heavy atom. The lowest BCUT2D eigenvalue weighted by Crippen LogP contribution is -2.34. The molecule has 0 fully saturated rings. The molecule has 0 saturated heterocycles. The van der Waals surface area contributed by atoms with Crippen molar-refractivity contribution in [2.24, 2.45) is 0 Å². The first kappa shape index (κ1) is 20.5. The van der Waals surface area contributed by atoms with Gasteiger partial charge in [-0.3, -0.25) is 9.59 Å². The number of para-hydroxylation sites is 1. The molecule has 7 nitrogen and oxygen atoms in total. The molecule has 0 aliphatic rings. The van der Waals surface area contributed by atoms with Crippen LogP contribution in [-0.4, -0.2) is 25.5 Å². The van der Waals surface area contributed by atoms with Crippen molar-refractivity contribution in [3.63, 3.8) is 0 Å². The van der Waals surface area contributed by atoms with Gasteiger partial charge >= 0.3 is 0 Å². The molecule has 2 aromatic heterocycles. The van der Waals surface area contributed by atoms with E-state index in [0.717, 1.165) is 22.5 Å². The van der Waals surface area contributed by atoms with Gasteiger partial charge in [-0.2, -0.15) is 10.2 Å². The van der Waals surface area contributed by atoms with Crippen molar-refractivity contribution < 1.29 is 4.79 Å². The number of aromatic nitrogens is 4. The SMILES string of the molecule is Cc1ccccc1-n1ncc2c(C(C)C)nn(CC(=O)NCc3ccccc3)c(=O)c21. The highest BCUT2D eigenvalue weighted by atomic mass is 16.2. The van der Waals surface area contributed by atoms with Crippen LogP contribution in [0.3, 0.4) is 0 Å². The fourth-order valence-electron chi connectivity index (χ4n) is 3.60. The van der Waals surface area contributed by atoms with Crippen LogP contribution in [0.2, 0.25) is 0 Å². The van der Waals surface area contributed by atoms with Crippen LogP contribution in [0.25, 0.3) is 16.6 Å². The fourth-order valence-corrected chi connectivity index (χ4v) is 3.60. The predicted octanol–water partition coefficient (Wildman–Crippen LogP) is 3.33. The average molecular weight is 415 g/mol. The van der Waals surface area contributed by atoms with Crippen LogP contribution in [0.4, 0.5) is 0 Å². The van der Waals surface area contributed by atoms with Gasteiger partial charge in [0.15, 0.2) is 0 Å². The van der Waals surface area contributed by atoms with Crippen LogP contribution in [0, 0.1) is 6.92 Å². The highest BCUT2D eigenvalue weighted by Gasteiger charge is 2.20. The van der Waals surface area contributed by atoms with Crippen LogP contribution in [0.1, 0.15) is 36.6 Å². The Labute approximate surface area is 180 Å². The van der Waals surface area contributed by atoms with Crippen LogP contribution in [0.5, 0.6) is 0 Å². The van der Waals surface area contributed by atoms with E-state index in [1.54, 1.807) is 10.9 Å². The van der Waals surface area contributed by atoms with Crippen molar-refractivity contribution in [1.82, 2.24) is 24.9 Å². The van der Waals surface area contributed by atoms with Gasteiger partial charge in [0.2, 0.25) is 5.91 Å². The molecule has 0 bridgehead atoms. The number of carbonyl (C=O) groups excluding carboxylic acids is 1. The number of aryl methyl sites for hydroxylation is 1. The third-order valence-corrected chi connectivity index (χ3v) is 5.23. The summed E-state index contributed by atoms with van der Waals surface area (Å²) in [5.74, 6) is -0.203. The van der Waals surface area contributed by atoms with Crippen LogP contribution in [0.15, 0.2) is 65.6 Å². The lowest BCUT2D eigenvalue weighted by molar-refractivity contribution is -0.122. The third-order valence-electron chi connectivity index (χ3n) is 5.23. The molecule has 1 amide bonds. The summed E-state index contributed by atoms with van der Waals surface area (Å²) < 4.78 is 2.90. The summed E-state index contributed by atoms with van der Waals surface area (Å²) in [7, 11) is 0. The average Bonchev–Trinajstić information content (AvgIpc) is 3.20. The molecule has 4 aromatic rings. The summed E-state index contributed by atoms with van der Waals surface area (Å²) in [5, 5.41) is 12.6. The van der Waals surface area contributed by atoms with Gasteiger partial charge < -0.3 is 5.32 Å². The molecule has 4 rings (SSSR count). The van der Waals surface area contributed by atoms with Crippen LogP contribution in [-0.2, 0) is 17.9 Å². The van der Waals surface area contributed by atoms with Gasteiger partial charge in [-0.05, 0) is 30.0 Å². The zero-order valence-corrected chi connectivity index (χ0v) is 17.9. The van der Waals surface area contributed by atoms with E-state index >= 15 is 0 Å². The Bertz CT molecular complexity index is 1290. The summed E-state index contributed by atoms with van der Waals surface area (Å²) in [4.78, 5) is 25.9. The minimum absolute atomic E-state index is 0.0660. The van der Waals surface area contributed by atoms with Crippen molar-refractivity contribution in [2.75, 3.05) is 0 Å². The van der Waals surface area contributed by atoms with E-state index in [2.05, 4.69) is 15.5 Å². The van der Waals surface area contributed by atoms with Gasteiger partial charge in [-0.25, -0.2) is 9.36 Å². The second kappa shape index (κ2) is 8.55. The molecule has 1 N–H and O–H groups in total. The van der Waals surface area contributed by atoms with Crippen LogP contribution >= 0.6 is 0 Å². The van der Waals surface area contributed by atoms with Crippen molar-refractivity contribution >= 4 is 16.8 Å². The minimum atomic E-state index is -0.338. The van der Waals surface area contributed by atoms with Crippen molar-refractivity contribution in [1.29, 1.82) is 0 Å². The van der Waals surface area contributed by atoms with E-state index in [-0.39, 0.29) is 23.9 Å².